The zero-order chi connectivity index (χ0) is 16.7. The molecule has 0 bridgehead atoms. The molecule has 2 aromatic heterocycles. The van der Waals surface area contributed by atoms with Crippen molar-refractivity contribution in [1.29, 1.82) is 0 Å². The van der Waals surface area contributed by atoms with E-state index in [9.17, 15) is 0 Å². The summed E-state index contributed by atoms with van der Waals surface area (Å²) in [5.74, 6) is 0.878. The molecule has 1 aliphatic rings. The average molecular weight is 346 g/mol. The standard InChI is InChI=1S/C18H27N5S/c1-19-17(20-11-13-23-12-6-10-22-23)21-15-18(8-3-2-4-9-18)16-7-5-14-24-16/h5-7,10,12,14H,2-4,8-9,11,13,15H2,1H3,(H2,19,20,21). The van der Waals surface area contributed by atoms with E-state index < -0.39 is 0 Å². The van der Waals surface area contributed by atoms with Crippen LogP contribution in [-0.2, 0) is 12.0 Å². The third-order valence-corrected chi connectivity index (χ3v) is 5.98. The van der Waals surface area contributed by atoms with Gasteiger partial charge in [0.15, 0.2) is 5.96 Å². The number of guanidine groups is 1. The number of thiophene rings is 1. The molecule has 0 radical (unpaired) electrons. The lowest BCUT2D eigenvalue weighted by atomic mass is 9.73. The highest BCUT2D eigenvalue weighted by Crippen LogP contribution is 2.41. The summed E-state index contributed by atoms with van der Waals surface area (Å²) in [6.07, 6.45) is 10.3. The fourth-order valence-corrected chi connectivity index (χ4v) is 4.50. The fraction of sp³-hybridized carbons (Fsp3) is 0.556. The number of hydrogen-bond acceptors (Lipinski definition) is 3. The minimum Gasteiger partial charge on any atom is -0.355 e. The molecule has 0 atom stereocenters. The molecule has 130 valence electrons. The summed E-state index contributed by atoms with van der Waals surface area (Å²) in [4.78, 5) is 5.89. The average Bonchev–Trinajstić information content (AvgIpc) is 3.32. The Hall–Kier alpha value is -1.82. The van der Waals surface area contributed by atoms with Crippen LogP contribution in [0.3, 0.4) is 0 Å². The molecule has 3 rings (SSSR count). The van der Waals surface area contributed by atoms with E-state index in [1.165, 1.54) is 37.0 Å². The second-order valence-corrected chi connectivity index (χ2v) is 7.39. The van der Waals surface area contributed by atoms with Crippen LogP contribution in [0.5, 0.6) is 0 Å². The van der Waals surface area contributed by atoms with Crippen molar-refractivity contribution in [3.8, 4) is 0 Å². The van der Waals surface area contributed by atoms with Gasteiger partial charge in [0.2, 0.25) is 0 Å². The predicted molar refractivity (Wildman–Crippen MR) is 101 cm³/mol. The monoisotopic (exact) mass is 345 g/mol. The van der Waals surface area contributed by atoms with Crippen molar-refractivity contribution in [2.75, 3.05) is 20.1 Å². The van der Waals surface area contributed by atoms with Crippen LogP contribution in [0.25, 0.3) is 0 Å². The number of nitrogens with one attached hydrogen (secondary N) is 2. The van der Waals surface area contributed by atoms with E-state index in [0.717, 1.165) is 25.6 Å². The topological polar surface area (TPSA) is 54.2 Å². The van der Waals surface area contributed by atoms with Crippen LogP contribution in [0.2, 0.25) is 0 Å². The van der Waals surface area contributed by atoms with Gasteiger partial charge in [-0.3, -0.25) is 9.67 Å². The van der Waals surface area contributed by atoms with E-state index in [4.69, 9.17) is 0 Å². The highest BCUT2D eigenvalue weighted by Gasteiger charge is 2.34. The van der Waals surface area contributed by atoms with Crippen LogP contribution < -0.4 is 10.6 Å². The molecule has 2 aromatic rings. The van der Waals surface area contributed by atoms with Gasteiger partial charge < -0.3 is 10.6 Å². The quantitative estimate of drug-likeness (QED) is 0.625. The Balaban J connectivity index is 1.54. The molecule has 1 aliphatic carbocycles. The van der Waals surface area contributed by atoms with Gasteiger partial charge in [0.1, 0.15) is 0 Å². The smallest absolute Gasteiger partial charge is 0.191 e. The summed E-state index contributed by atoms with van der Waals surface area (Å²) in [6, 6.07) is 6.42. The van der Waals surface area contributed by atoms with Crippen molar-refractivity contribution in [1.82, 2.24) is 20.4 Å². The normalized spacial score (nSPS) is 17.6. The van der Waals surface area contributed by atoms with E-state index in [2.05, 4.69) is 38.2 Å². The third-order valence-electron chi connectivity index (χ3n) is 4.86. The first-order valence-electron chi connectivity index (χ1n) is 8.78. The Morgan fingerprint density at radius 3 is 2.83 bits per heavy atom. The Kier molecular flexibility index (Phi) is 5.91. The molecule has 0 aromatic carbocycles. The van der Waals surface area contributed by atoms with E-state index in [1.54, 1.807) is 6.20 Å². The Labute approximate surface area is 148 Å². The second-order valence-electron chi connectivity index (χ2n) is 6.44. The van der Waals surface area contributed by atoms with Crippen molar-refractivity contribution in [2.45, 2.75) is 44.1 Å². The minimum absolute atomic E-state index is 0.270. The fourth-order valence-electron chi connectivity index (χ4n) is 3.51. The van der Waals surface area contributed by atoms with Gasteiger partial charge in [-0.25, -0.2) is 0 Å². The van der Waals surface area contributed by atoms with Crippen LogP contribution in [0.4, 0.5) is 0 Å². The molecule has 2 heterocycles. The van der Waals surface area contributed by atoms with E-state index in [1.807, 2.05) is 35.3 Å². The van der Waals surface area contributed by atoms with Crippen LogP contribution in [0.1, 0.15) is 37.0 Å². The zero-order valence-electron chi connectivity index (χ0n) is 14.4. The number of hydrogen-bond donors (Lipinski definition) is 2. The van der Waals surface area contributed by atoms with Gasteiger partial charge in [-0.05, 0) is 30.4 Å². The van der Waals surface area contributed by atoms with Crippen LogP contribution >= 0.6 is 11.3 Å². The van der Waals surface area contributed by atoms with Gasteiger partial charge in [0, 0.05) is 42.8 Å². The van der Waals surface area contributed by atoms with Crippen LogP contribution in [-0.4, -0.2) is 35.9 Å². The van der Waals surface area contributed by atoms with E-state index in [0.29, 0.717) is 0 Å². The SMILES string of the molecule is CN=C(NCCn1cccn1)NCC1(c2cccs2)CCCCC1. The Bertz CT molecular complexity index is 612. The summed E-state index contributed by atoms with van der Waals surface area (Å²) in [5.41, 5.74) is 0.270. The van der Waals surface area contributed by atoms with E-state index in [-0.39, 0.29) is 5.41 Å². The summed E-state index contributed by atoms with van der Waals surface area (Å²) >= 11 is 1.89. The lowest BCUT2D eigenvalue weighted by molar-refractivity contribution is 0.296. The molecule has 5 nitrogen and oxygen atoms in total. The van der Waals surface area contributed by atoms with E-state index >= 15 is 0 Å². The molecular formula is C18H27N5S. The van der Waals surface area contributed by atoms with Gasteiger partial charge in [0.25, 0.3) is 0 Å². The Morgan fingerprint density at radius 2 is 2.17 bits per heavy atom. The number of rotatable bonds is 6. The van der Waals surface area contributed by atoms with Crippen LogP contribution in [0.15, 0.2) is 41.0 Å². The molecule has 0 amide bonds. The Morgan fingerprint density at radius 1 is 1.29 bits per heavy atom. The van der Waals surface area contributed by atoms with Gasteiger partial charge in [-0.15, -0.1) is 11.3 Å². The van der Waals surface area contributed by atoms with Gasteiger partial charge in [-0.1, -0.05) is 25.3 Å². The maximum Gasteiger partial charge on any atom is 0.191 e. The molecule has 0 aliphatic heterocycles. The molecule has 24 heavy (non-hydrogen) atoms. The highest BCUT2D eigenvalue weighted by molar-refractivity contribution is 7.10. The second kappa shape index (κ2) is 8.33. The summed E-state index contributed by atoms with van der Waals surface area (Å²) < 4.78 is 1.93. The van der Waals surface area contributed by atoms with Crippen molar-refractivity contribution < 1.29 is 0 Å². The van der Waals surface area contributed by atoms with Crippen molar-refractivity contribution in [3.05, 3.63) is 40.8 Å². The lowest BCUT2D eigenvalue weighted by Gasteiger charge is -2.37. The summed E-state index contributed by atoms with van der Waals surface area (Å²) in [7, 11) is 1.84. The molecule has 6 heteroatoms. The van der Waals surface area contributed by atoms with Crippen LogP contribution in [0, 0.1) is 0 Å². The van der Waals surface area contributed by atoms with Gasteiger partial charge >= 0.3 is 0 Å². The molecule has 0 spiro atoms. The lowest BCUT2D eigenvalue weighted by Crippen LogP contribution is -2.46. The number of nitrogens with zero attached hydrogens (tertiary/aromatic N) is 3. The van der Waals surface area contributed by atoms with Crippen molar-refractivity contribution in [3.63, 3.8) is 0 Å². The molecule has 0 saturated heterocycles. The molecular weight excluding hydrogens is 318 g/mol. The third kappa shape index (κ3) is 4.17. The molecule has 1 saturated carbocycles. The summed E-state index contributed by atoms with van der Waals surface area (Å²) in [5, 5.41) is 13.4. The largest absolute Gasteiger partial charge is 0.355 e. The number of aliphatic imine (C=N–C) groups is 1. The zero-order valence-corrected chi connectivity index (χ0v) is 15.2. The maximum absolute atomic E-state index is 4.37. The summed E-state index contributed by atoms with van der Waals surface area (Å²) in [6.45, 7) is 2.60. The first-order chi connectivity index (χ1) is 11.8. The molecule has 0 unspecified atom stereocenters. The van der Waals surface area contributed by atoms with Crippen molar-refractivity contribution in [2.24, 2.45) is 4.99 Å². The maximum atomic E-state index is 4.37. The first kappa shape index (κ1) is 17.0. The molecule has 2 N–H and O–H groups in total. The predicted octanol–water partition coefficient (Wildman–Crippen LogP) is 3.01. The number of aromatic nitrogens is 2. The van der Waals surface area contributed by atoms with Crippen molar-refractivity contribution >= 4 is 17.3 Å². The van der Waals surface area contributed by atoms with Gasteiger partial charge in [-0.2, -0.15) is 5.10 Å². The van der Waals surface area contributed by atoms with Gasteiger partial charge in [0.05, 0.1) is 6.54 Å². The minimum atomic E-state index is 0.270. The first-order valence-corrected chi connectivity index (χ1v) is 9.66. The highest BCUT2D eigenvalue weighted by atomic mass is 32.1. The molecule has 1 fully saturated rings.